The number of ether oxygens (including phenoxy) is 1. The van der Waals surface area contributed by atoms with Gasteiger partial charge in [0.15, 0.2) is 0 Å². The van der Waals surface area contributed by atoms with Crippen molar-refractivity contribution in [2.75, 3.05) is 6.61 Å². The van der Waals surface area contributed by atoms with Gasteiger partial charge in [-0.3, -0.25) is 4.79 Å². The molecule has 0 bridgehead atoms. The summed E-state index contributed by atoms with van der Waals surface area (Å²) in [7, 11) is 0. The highest BCUT2D eigenvalue weighted by Crippen LogP contribution is 2.25. The molecule has 1 atom stereocenters. The summed E-state index contributed by atoms with van der Waals surface area (Å²) in [6.45, 7) is 8.37. The zero-order chi connectivity index (χ0) is 15.3. The molecule has 0 aliphatic heterocycles. The van der Waals surface area contributed by atoms with Crippen molar-refractivity contribution in [2.45, 2.75) is 52.5 Å². The van der Waals surface area contributed by atoms with Gasteiger partial charge in [-0.05, 0) is 51.2 Å². The third kappa shape index (κ3) is 3.97. The lowest BCUT2D eigenvalue weighted by atomic mass is 9.92. The van der Waals surface area contributed by atoms with Crippen LogP contribution >= 0.6 is 0 Å². The van der Waals surface area contributed by atoms with E-state index in [0.717, 1.165) is 16.9 Å². The third-order valence-corrected chi connectivity index (χ3v) is 3.68. The van der Waals surface area contributed by atoms with Crippen LogP contribution in [0.15, 0.2) is 12.1 Å². The van der Waals surface area contributed by atoms with Crippen molar-refractivity contribution in [1.82, 2.24) is 0 Å². The highest BCUT2D eigenvalue weighted by molar-refractivity contribution is 5.78. The van der Waals surface area contributed by atoms with Crippen LogP contribution in [0.5, 0.6) is 5.75 Å². The molecule has 1 aromatic carbocycles. The smallest absolute Gasteiger partial charge is 0.323 e. The Labute approximate surface area is 120 Å². The van der Waals surface area contributed by atoms with Gasteiger partial charge < -0.3 is 15.6 Å². The first kappa shape index (κ1) is 16.5. The van der Waals surface area contributed by atoms with Gasteiger partial charge in [0.05, 0.1) is 6.61 Å². The van der Waals surface area contributed by atoms with Gasteiger partial charge in [0, 0.05) is 0 Å². The van der Waals surface area contributed by atoms with Crippen molar-refractivity contribution in [3.8, 4) is 5.75 Å². The van der Waals surface area contributed by atoms with E-state index in [2.05, 4.69) is 19.1 Å². The van der Waals surface area contributed by atoms with Gasteiger partial charge >= 0.3 is 5.97 Å². The number of carbonyl (C=O) groups is 1. The highest BCUT2D eigenvalue weighted by Gasteiger charge is 2.31. The van der Waals surface area contributed by atoms with E-state index in [1.54, 1.807) is 6.92 Å². The fourth-order valence-electron chi connectivity index (χ4n) is 2.39. The lowest BCUT2D eigenvalue weighted by Gasteiger charge is -2.23. The summed E-state index contributed by atoms with van der Waals surface area (Å²) >= 11 is 0. The zero-order valence-corrected chi connectivity index (χ0v) is 12.8. The number of benzene rings is 1. The molecule has 0 saturated heterocycles. The number of aliphatic carboxylic acids is 1. The van der Waals surface area contributed by atoms with E-state index in [-0.39, 0.29) is 0 Å². The van der Waals surface area contributed by atoms with Crippen LogP contribution in [0.1, 0.15) is 42.9 Å². The Hall–Kier alpha value is -1.55. The van der Waals surface area contributed by atoms with E-state index in [1.807, 2.05) is 13.8 Å². The number of nitrogens with two attached hydrogens (primary N) is 1. The standard InChI is InChI=1S/C16H25NO3/c1-5-16(17,15(18)19)7-6-8-20-14-12(3)9-11(2)10-13(14)4/h9-10H,5-8,17H2,1-4H3,(H,18,19). The second kappa shape index (κ2) is 6.75. The number of rotatable bonds is 7. The maximum absolute atomic E-state index is 11.1. The molecule has 0 aromatic heterocycles. The molecule has 1 rings (SSSR count). The van der Waals surface area contributed by atoms with Crippen molar-refractivity contribution >= 4 is 5.97 Å². The normalized spacial score (nSPS) is 13.8. The van der Waals surface area contributed by atoms with Crippen LogP contribution in [0.3, 0.4) is 0 Å². The summed E-state index contributed by atoms with van der Waals surface area (Å²) in [5, 5.41) is 9.10. The monoisotopic (exact) mass is 279 g/mol. The van der Waals surface area contributed by atoms with Crippen molar-refractivity contribution in [3.63, 3.8) is 0 Å². The Morgan fingerprint density at radius 2 is 1.85 bits per heavy atom. The van der Waals surface area contributed by atoms with Gasteiger partial charge in [-0.15, -0.1) is 0 Å². The molecule has 0 heterocycles. The minimum Gasteiger partial charge on any atom is -0.493 e. The Morgan fingerprint density at radius 1 is 1.30 bits per heavy atom. The second-order valence-corrected chi connectivity index (χ2v) is 5.49. The number of hydrogen-bond acceptors (Lipinski definition) is 3. The molecule has 0 fully saturated rings. The Balaban J connectivity index is 2.56. The van der Waals surface area contributed by atoms with Gasteiger partial charge in [-0.1, -0.05) is 24.6 Å². The molecule has 0 amide bonds. The molecule has 4 nitrogen and oxygen atoms in total. The van der Waals surface area contributed by atoms with Crippen LogP contribution in [-0.4, -0.2) is 23.2 Å². The molecular weight excluding hydrogens is 254 g/mol. The topological polar surface area (TPSA) is 72.5 Å². The van der Waals surface area contributed by atoms with E-state index in [4.69, 9.17) is 15.6 Å². The predicted octanol–water partition coefficient (Wildman–Crippen LogP) is 2.96. The summed E-state index contributed by atoms with van der Waals surface area (Å²) < 4.78 is 5.79. The second-order valence-electron chi connectivity index (χ2n) is 5.49. The van der Waals surface area contributed by atoms with Crippen molar-refractivity contribution in [2.24, 2.45) is 5.73 Å². The Morgan fingerprint density at radius 3 is 2.30 bits per heavy atom. The van der Waals surface area contributed by atoms with Gasteiger partial charge in [0.2, 0.25) is 0 Å². The fraction of sp³-hybridized carbons (Fsp3) is 0.562. The summed E-state index contributed by atoms with van der Waals surface area (Å²) in [6.07, 6.45) is 1.47. The van der Waals surface area contributed by atoms with Crippen molar-refractivity contribution in [1.29, 1.82) is 0 Å². The summed E-state index contributed by atoms with van der Waals surface area (Å²) in [5.41, 5.74) is 8.13. The lowest BCUT2D eigenvalue weighted by molar-refractivity contribution is -0.143. The van der Waals surface area contributed by atoms with E-state index >= 15 is 0 Å². The van der Waals surface area contributed by atoms with Crippen LogP contribution < -0.4 is 10.5 Å². The molecule has 0 spiro atoms. The maximum atomic E-state index is 11.1. The highest BCUT2D eigenvalue weighted by atomic mass is 16.5. The van der Waals surface area contributed by atoms with Gasteiger partial charge in [-0.25, -0.2) is 0 Å². The van der Waals surface area contributed by atoms with E-state index in [9.17, 15) is 4.79 Å². The average Bonchev–Trinajstić information content (AvgIpc) is 2.36. The van der Waals surface area contributed by atoms with E-state index < -0.39 is 11.5 Å². The third-order valence-electron chi connectivity index (χ3n) is 3.68. The minimum absolute atomic E-state index is 0.419. The number of carboxylic acids is 1. The summed E-state index contributed by atoms with van der Waals surface area (Å²) in [6, 6.07) is 4.16. The molecule has 0 aliphatic rings. The molecule has 3 N–H and O–H groups in total. The molecule has 0 aliphatic carbocycles. The van der Waals surface area contributed by atoms with Crippen molar-refractivity contribution < 1.29 is 14.6 Å². The fourth-order valence-corrected chi connectivity index (χ4v) is 2.39. The number of carboxylic acid groups (broad SMARTS) is 1. The largest absolute Gasteiger partial charge is 0.493 e. The van der Waals surface area contributed by atoms with Gasteiger partial charge in [-0.2, -0.15) is 0 Å². The Bertz CT molecular complexity index is 462. The van der Waals surface area contributed by atoms with E-state index in [1.165, 1.54) is 5.56 Å². The van der Waals surface area contributed by atoms with Crippen LogP contribution in [0.4, 0.5) is 0 Å². The molecule has 0 radical (unpaired) electrons. The summed E-state index contributed by atoms with van der Waals surface area (Å²) in [5.74, 6) is -0.0484. The maximum Gasteiger partial charge on any atom is 0.323 e. The predicted molar refractivity (Wildman–Crippen MR) is 80.2 cm³/mol. The molecule has 1 aromatic rings. The van der Waals surface area contributed by atoms with Crippen molar-refractivity contribution in [3.05, 3.63) is 28.8 Å². The first-order valence-corrected chi connectivity index (χ1v) is 7.03. The number of hydrogen-bond donors (Lipinski definition) is 2. The lowest BCUT2D eigenvalue weighted by Crippen LogP contribution is -2.47. The zero-order valence-electron chi connectivity index (χ0n) is 12.8. The van der Waals surface area contributed by atoms with Crippen LogP contribution in [-0.2, 0) is 4.79 Å². The van der Waals surface area contributed by atoms with Gasteiger partial charge in [0.25, 0.3) is 0 Å². The quantitative estimate of drug-likeness (QED) is 0.753. The number of aryl methyl sites for hydroxylation is 3. The SMILES string of the molecule is CCC(N)(CCCOc1c(C)cc(C)cc1C)C(=O)O. The summed E-state index contributed by atoms with van der Waals surface area (Å²) in [4.78, 5) is 11.1. The minimum atomic E-state index is -1.14. The molecule has 4 heteroatoms. The molecule has 20 heavy (non-hydrogen) atoms. The first-order chi connectivity index (χ1) is 9.30. The molecular formula is C16H25NO3. The average molecular weight is 279 g/mol. The molecule has 0 saturated carbocycles. The van der Waals surface area contributed by atoms with Gasteiger partial charge in [0.1, 0.15) is 11.3 Å². The van der Waals surface area contributed by atoms with Crippen LogP contribution in [0, 0.1) is 20.8 Å². The van der Waals surface area contributed by atoms with Crippen LogP contribution in [0.2, 0.25) is 0 Å². The molecule has 112 valence electrons. The van der Waals surface area contributed by atoms with Crippen LogP contribution in [0.25, 0.3) is 0 Å². The Kier molecular flexibility index (Phi) is 5.57. The molecule has 1 unspecified atom stereocenters. The van der Waals surface area contributed by atoms with E-state index in [0.29, 0.717) is 25.9 Å². The first-order valence-electron chi connectivity index (χ1n) is 7.03.